The second kappa shape index (κ2) is 6.83. The fourth-order valence-corrected chi connectivity index (χ4v) is 2.47. The largest absolute Gasteiger partial charge is 0.479 e. The summed E-state index contributed by atoms with van der Waals surface area (Å²) < 4.78 is 16.6. The lowest BCUT2D eigenvalue weighted by atomic mass is 9.93. The quantitative estimate of drug-likeness (QED) is 0.889. The Kier molecular flexibility index (Phi) is 5.11. The van der Waals surface area contributed by atoms with Gasteiger partial charge in [-0.15, -0.1) is 0 Å². The summed E-state index contributed by atoms with van der Waals surface area (Å²) in [5.74, 6) is -0.923. The standard InChI is InChI=1S/C15H20O5/c1-10-8-19-14(15(16)17)13(12(10)18-2)20-9-11-6-4-3-5-7-11/h3-7,10,12-14H,8-9H2,1-2H3,(H,16,17)/t10-,12-,13?,14?/m0/s1. The van der Waals surface area contributed by atoms with Gasteiger partial charge in [-0.25, -0.2) is 4.79 Å². The van der Waals surface area contributed by atoms with Crippen molar-refractivity contribution in [3.8, 4) is 0 Å². The third-order valence-electron chi connectivity index (χ3n) is 3.52. The minimum Gasteiger partial charge on any atom is -0.479 e. The highest BCUT2D eigenvalue weighted by molar-refractivity contribution is 5.73. The Labute approximate surface area is 118 Å². The van der Waals surface area contributed by atoms with Crippen LogP contribution in [0.2, 0.25) is 0 Å². The third kappa shape index (κ3) is 3.36. The first-order valence-electron chi connectivity index (χ1n) is 6.66. The maximum absolute atomic E-state index is 11.3. The zero-order valence-corrected chi connectivity index (χ0v) is 11.7. The summed E-state index contributed by atoms with van der Waals surface area (Å²) in [6, 6.07) is 9.63. The monoisotopic (exact) mass is 280 g/mol. The molecule has 110 valence electrons. The Morgan fingerprint density at radius 1 is 1.35 bits per heavy atom. The molecule has 0 spiro atoms. The lowest BCUT2D eigenvalue weighted by Crippen LogP contribution is -2.54. The first-order chi connectivity index (χ1) is 9.63. The second-order valence-electron chi connectivity index (χ2n) is 5.03. The van der Waals surface area contributed by atoms with Crippen molar-refractivity contribution in [2.45, 2.75) is 31.8 Å². The summed E-state index contributed by atoms with van der Waals surface area (Å²) >= 11 is 0. The maximum atomic E-state index is 11.3. The average Bonchev–Trinajstić information content (AvgIpc) is 2.45. The van der Waals surface area contributed by atoms with Crippen LogP contribution in [0.25, 0.3) is 0 Å². The maximum Gasteiger partial charge on any atom is 0.335 e. The van der Waals surface area contributed by atoms with E-state index in [9.17, 15) is 9.90 Å². The van der Waals surface area contributed by atoms with E-state index in [1.165, 1.54) is 0 Å². The molecular weight excluding hydrogens is 260 g/mol. The van der Waals surface area contributed by atoms with Gasteiger partial charge in [-0.2, -0.15) is 0 Å². The molecule has 0 bridgehead atoms. The Bertz CT molecular complexity index is 433. The highest BCUT2D eigenvalue weighted by Crippen LogP contribution is 2.26. The molecule has 5 heteroatoms. The van der Waals surface area contributed by atoms with E-state index < -0.39 is 18.2 Å². The van der Waals surface area contributed by atoms with E-state index in [0.717, 1.165) is 5.56 Å². The van der Waals surface area contributed by atoms with Gasteiger partial charge in [-0.05, 0) is 5.56 Å². The molecule has 2 rings (SSSR count). The molecular formula is C15H20O5. The van der Waals surface area contributed by atoms with Crippen molar-refractivity contribution in [1.29, 1.82) is 0 Å². The van der Waals surface area contributed by atoms with E-state index in [1.807, 2.05) is 37.3 Å². The van der Waals surface area contributed by atoms with Crippen LogP contribution in [0.15, 0.2) is 30.3 Å². The summed E-state index contributed by atoms with van der Waals surface area (Å²) in [5.41, 5.74) is 0.990. The van der Waals surface area contributed by atoms with Gasteiger partial charge in [-0.1, -0.05) is 37.3 Å². The second-order valence-corrected chi connectivity index (χ2v) is 5.03. The highest BCUT2D eigenvalue weighted by atomic mass is 16.6. The number of hydrogen-bond donors (Lipinski definition) is 1. The van der Waals surface area contributed by atoms with Gasteiger partial charge < -0.3 is 19.3 Å². The minimum atomic E-state index is -1.02. The summed E-state index contributed by atoms with van der Waals surface area (Å²) in [6.07, 6.45) is -1.88. The SMILES string of the molecule is CO[C@@H]1C(OCc2ccccc2)C(C(=O)O)OC[C@@H]1C. The number of carboxylic acid groups (broad SMARTS) is 1. The molecule has 0 aromatic heterocycles. The normalized spacial score (nSPS) is 30.1. The number of aliphatic carboxylic acids is 1. The minimum absolute atomic E-state index is 0.0939. The fraction of sp³-hybridized carbons (Fsp3) is 0.533. The number of carbonyl (C=O) groups is 1. The summed E-state index contributed by atoms with van der Waals surface area (Å²) in [7, 11) is 1.57. The molecule has 1 aliphatic heterocycles. The lowest BCUT2D eigenvalue weighted by molar-refractivity contribution is -0.207. The molecule has 0 aliphatic carbocycles. The molecule has 5 nitrogen and oxygen atoms in total. The predicted molar refractivity (Wildman–Crippen MR) is 72.4 cm³/mol. The first-order valence-corrected chi connectivity index (χ1v) is 6.66. The molecule has 0 radical (unpaired) electrons. The summed E-state index contributed by atoms with van der Waals surface area (Å²) in [5, 5.41) is 9.24. The van der Waals surface area contributed by atoms with Gasteiger partial charge in [0.25, 0.3) is 0 Å². The number of rotatable bonds is 5. The number of carboxylic acids is 1. The molecule has 20 heavy (non-hydrogen) atoms. The van der Waals surface area contributed by atoms with E-state index in [1.54, 1.807) is 7.11 Å². The van der Waals surface area contributed by atoms with Crippen molar-refractivity contribution in [3.05, 3.63) is 35.9 Å². The Hall–Kier alpha value is -1.43. The van der Waals surface area contributed by atoms with Crippen LogP contribution >= 0.6 is 0 Å². The van der Waals surface area contributed by atoms with Crippen molar-refractivity contribution >= 4 is 5.97 Å². The van der Waals surface area contributed by atoms with Gasteiger partial charge in [0.05, 0.1) is 19.3 Å². The topological polar surface area (TPSA) is 65.0 Å². The van der Waals surface area contributed by atoms with Crippen LogP contribution in [0.3, 0.4) is 0 Å². The first kappa shape index (κ1) is 15.0. The molecule has 0 amide bonds. The van der Waals surface area contributed by atoms with Crippen molar-refractivity contribution < 1.29 is 24.1 Å². The van der Waals surface area contributed by atoms with Crippen LogP contribution < -0.4 is 0 Å². The Balaban J connectivity index is 2.08. The van der Waals surface area contributed by atoms with Gasteiger partial charge in [0.1, 0.15) is 6.10 Å². The van der Waals surface area contributed by atoms with Gasteiger partial charge in [0.15, 0.2) is 6.10 Å². The molecule has 0 saturated carbocycles. The van der Waals surface area contributed by atoms with Crippen LogP contribution in [0.1, 0.15) is 12.5 Å². The van der Waals surface area contributed by atoms with E-state index in [0.29, 0.717) is 13.2 Å². The molecule has 1 aromatic carbocycles. The highest BCUT2D eigenvalue weighted by Gasteiger charge is 2.43. The number of benzene rings is 1. The number of ether oxygens (including phenoxy) is 3. The van der Waals surface area contributed by atoms with Crippen molar-refractivity contribution in [2.75, 3.05) is 13.7 Å². The van der Waals surface area contributed by atoms with Crippen LogP contribution in [-0.4, -0.2) is 43.1 Å². The van der Waals surface area contributed by atoms with Crippen LogP contribution in [-0.2, 0) is 25.6 Å². The summed E-state index contributed by atoms with van der Waals surface area (Å²) in [6.45, 7) is 2.66. The van der Waals surface area contributed by atoms with Crippen LogP contribution in [0, 0.1) is 5.92 Å². The zero-order chi connectivity index (χ0) is 14.5. The number of hydrogen-bond acceptors (Lipinski definition) is 4. The smallest absolute Gasteiger partial charge is 0.335 e. The van der Waals surface area contributed by atoms with E-state index >= 15 is 0 Å². The molecule has 1 N–H and O–H groups in total. The van der Waals surface area contributed by atoms with Crippen molar-refractivity contribution in [1.82, 2.24) is 0 Å². The Morgan fingerprint density at radius 3 is 2.65 bits per heavy atom. The Morgan fingerprint density at radius 2 is 2.05 bits per heavy atom. The van der Waals surface area contributed by atoms with Crippen LogP contribution in [0.4, 0.5) is 0 Å². The van der Waals surface area contributed by atoms with Crippen molar-refractivity contribution in [2.24, 2.45) is 5.92 Å². The summed E-state index contributed by atoms with van der Waals surface area (Å²) in [4.78, 5) is 11.3. The van der Waals surface area contributed by atoms with Gasteiger partial charge in [-0.3, -0.25) is 0 Å². The molecule has 1 fully saturated rings. The van der Waals surface area contributed by atoms with Gasteiger partial charge in [0.2, 0.25) is 0 Å². The van der Waals surface area contributed by atoms with Gasteiger partial charge in [0, 0.05) is 13.0 Å². The number of methoxy groups -OCH3 is 1. The third-order valence-corrected chi connectivity index (χ3v) is 3.52. The van der Waals surface area contributed by atoms with E-state index in [4.69, 9.17) is 14.2 Å². The van der Waals surface area contributed by atoms with Crippen LogP contribution in [0.5, 0.6) is 0 Å². The molecule has 1 aliphatic rings. The zero-order valence-electron chi connectivity index (χ0n) is 11.7. The van der Waals surface area contributed by atoms with Crippen molar-refractivity contribution in [3.63, 3.8) is 0 Å². The van der Waals surface area contributed by atoms with Gasteiger partial charge >= 0.3 is 5.97 Å². The molecule has 4 atom stereocenters. The van der Waals surface area contributed by atoms with E-state index in [2.05, 4.69) is 0 Å². The van der Waals surface area contributed by atoms with E-state index in [-0.39, 0.29) is 12.0 Å². The molecule has 1 saturated heterocycles. The molecule has 1 aromatic rings. The molecule has 2 unspecified atom stereocenters. The molecule has 1 heterocycles. The average molecular weight is 280 g/mol. The lowest BCUT2D eigenvalue weighted by Gasteiger charge is -2.38. The fourth-order valence-electron chi connectivity index (χ4n) is 2.47. The predicted octanol–water partition coefficient (Wildman–Crippen LogP) is 1.71.